The quantitative estimate of drug-likeness (QED) is 0.809. The number of methoxy groups -OCH3 is 1. The topological polar surface area (TPSA) is 37.9 Å². The van der Waals surface area contributed by atoms with Crippen LogP contribution in [0.25, 0.3) is 11.0 Å². The Morgan fingerprint density at radius 3 is 3.08 bits per heavy atom. The van der Waals surface area contributed by atoms with Gasteiger partial charge in [0.1, 0.15) is 11.3 Å². The summed E-state index contributed by atoms with van der Waals surface area (Å²) >= 11 is 2.23. The number of ether oxygens (including phenoxy) is 1. The second-order valence-corrected chi connectivity index (χ2v) is 3.46. The first-order chi connectivity index (χ1) is 5.83. The molecule has 0 fully saturated rings. The number of aromatic nitrogens is 2. The van der Waals surface area contributed by atoms with E-state index in [1.54, 1.807) is 13.4 Å². The van der Waals surface area contributed by atoms with Crippen molar-refractivity contribution in [2.45, 2.75) is 0 Å². The van der Waals surface area contributed by atoms with Crippen LogP contribution in [0.15, 0.2) is 18.5 Å². The Labute approximate surface area is 83.3 Å². The van der Waals surface area contributed by atoms with Crippen LogP contribution >= 0.6 is 22.6 Å². The van der Waals surface area contributed by atoms with Crippen molar-refractivity contribution in [3.63, 3.8) is 0 Å². The molecule has 1 aromatic carbocycles. The van der Waals surface area contributed by atoms with Crippen molar-refractivity contribution < 1.29 is 4.74 Å². The van der Waals surface area contributed by atoms with E-state index in [-0.39, 0.29) is 0 Å². The van der Waals surface area contributed by atoms with E-state index in [4.69, 9.17) is 4.74 Å². The van der Waals surface area contributed by atoms with Crippen molar-refractivity contribution in [2.75, 3.05) is 7.11 Å². The standard InChI is InChI=1S/C8H7IN2O/c1-12-6-3-2-5-8(7(6)9)11-4-10-5/h2-4H,1H3,(H,10,11). The highest BCUT2D eigenvalue weighted by molar-refractivity contribution is 14.1. The van der Waals surface area contributed by atoms with Crippen molar-refractivity contribution in [1.82, 2.24) is 9.97 Å². The van der Waals surface area contributed by atoms with Gasteiger partial charge in [-0.3, -0.25) is 0 Å². The summed E-state index contributed by atoms with van der Waals surface area (Å²) in [5.74, 6) is 0.871. The lowest BCUT2D eigenvalue weighted by Gasteiger charge is -2.01. The predicted molar refractivity (Wildman–Crippen MR) is 55.4 cm³/mol. The summed E-state index contributed by atoms with van der Waals surface area (Å²) in [7, 11) is 1.66. The highest BCUT2D eigenvalue weighted by atomic mass is 127. The number of halogens is 1. The number of H-pyrrole nitrogens is 1. The van der Waals surface area contributed by atoms with Crippen molar-refractivity contribution in [1.29, 1.82) is 0 Å². The van der Waals surface area contributed by atoms with Gasteiger partial charge in [0.2, 0.25) is 0 Å². The molecule has 1 N–H and O–H groups in total. The molecule has 4 heteroatoms. The summed E-state index contributed by atoms with van der Waals surface area (Å²) in [4.78, 5) is 7.22. The van der Waals surface area contributed by atoms with Crippen LogP contribution < -0.4 is 4.74 Å². The molecular formula is C8H7IN2O. The molecule has 3 nitrogen and oxygen atoms in total. The summed E-state index contributed by atoms with van der Waals surface area (Å²) < 4.78 is 6.21. The van der Waals surface area contributed by atoms with Gasteiger partial charge in [0.25, 0.3) is 0 Å². The minimum Gasteiger partial charge on any atom is -0.496 e. The van der Waals surface area contributed by atoms with Crippen LogP contribution in [0.5, 0.6) is 5.75 Å². The molecule has 0 bridgehead atoms. The maximum Gasteiger partial charge on any atom is 0.134 e. The van der Waals surface area contributed by atoms with Gasteiger partial charge >= 0.3 is 0 Å². The first-order valence-electron chi connectivity index (χ1n) is 3.48. The lowest BCUT2D eigenvalue weighted by molar-refractivity contribution is 0.412. The summed E-state index contributed by atoms with van der Waals surface area (Å²) in [5, 5.41) is 0. The van der Waals surface area contributed by atoms with Gasteiger partial charge in [0.05, 0.1) is 22.5 Å². The lowest BCUT2D eigenvalue weighted by atomic mass is 10.3. The Hall–Kier alpha value is -0.780. The smallest absolute Gasteiger partial charge is 0.134 e. The summed E-state index contributed by atoms with van der Waals surface area (Å²) in [6, 6.07) is 3.89. The highest BCUT2D eigenvalue weighted by Crippen LogP contribution is 2.26. The molecule has 0 unspecified atom stereocenters. The minimum absolute atomic E-state index is 0.871. The third kappa shape index (κ3) is 1.06. The lowest BCUT2D eigenvalue weighted by Crippen LogP contribution is -1.87. The molecule has 0 radical (unpaired) electrons. The van der Waals surface area contributed by atoms with E-state index in [0.717, 1.165) is 20.4 Å². The average Bonchev–Trinajstić information content (AvgIpc) is 2.53. The molecule has 0 saturated carbocycles. The molecule has 2 rings (SSSR count). The zero-order valence-electron chi connectivity index (χ0n) is 6.47. The van der Waals surface area contributed by atoms with Crippen LogP contribution in [-0.2, 0) is 0 Å². The van der Waals surface area contributed by atoms with E-state index in [1.807, 2.05) is 12.1 Å². The van der Waals surface area contributed by atoms with E-state index in [2.05, 4.69) is 32.6 Å². The van der Waals surface area contributed by atoms with Crippen LogP contribution in [0, 0.1) is 3.57 Å². The number of hydrogen-bond acceptors (Lipinski definition) is 2. The summed E-state index contributed by atoms with van der Waals surface area (Å²) in [5.41, 5.74) is 2.01. The summed E-state index contributed by atoms with van der Waals surface area (Å²) in [6.07, 6.45) is 1.69. The number of nitrogens with zero attached hydrogens (tertiary/aromatic N) is 1. The van der Waals surface area contributed by atoms with Crippen LogP contribution in [-0.4, -0.2) is 17.1 Å². The van der Waals surface area contributed by atoms with E-state index >= 15 is 0 Å². The fraction of sp³-hybridized carbons (Fsp3) is 0.125. The number of aromatic amines is 1. The van der Waals surface area contributed by atoms with Gasteiger partial charge < -0.3 is 9.72 Å². The van der Waals surface area contributed by atoms with Crippen LogP contribution in [0.1, 0.15) is 0 Å². The molecule has 0 amide bonds. The zero-order valence-corrected chi connectivity index (χ0v) is 8.62. The zero-order chi connectivity index (χ0) is 8.55. The predicted octanol–water partition coefficient (Wildman–Crippen LogP) is 2.18. The third-order valence-electron chi connectivity index (χ3n) is 1.71. The van der Waals surface area contributed by atoms with Crippen molar-refractivity contribution in [2.24, 2.45) is 0 Å². The molecule has 0 aliphatic heterocycles. The molecule has 0 atom stereocenters. The number of fused-ring (bicyclic) bond motifs is 1. The van der Waals surface area contributed by atoms with E-state index in [9.17, 15) is 0 Å². The maximum atomic E-state index is 5.16. The van der Waals surface area contributed by atoms with Gasteiger partial charge in [-0.05, 0) is 34.7 Å². The van der Waals surface area contributed by atoms with Crippen LogP contribution in [0.4, 0.5) is 0 Å². The average molecular weight is 274 g/mol. The van der Waals surface area contributed by atoms with Gasteiger partial charge in [-0.1, -0.05) is 0 Å². The van der Waals surface area contributed by atoms with Crippen molar-refractivity contribution in [3.05, 3.63) is 22.0 Å². The molecule has 0 aliphatic carbocycles. The molecule has 0 saturated heterocycles. The van der Waals surface area contributed by atoms with Crippen molar-refractivity contribution >= 4 is 33.6 Å². The van der Waals surface area contributed by atoms with Gasteiger partial charge in [-0.15, -0.1) is 0 Å². The molecule has 2 aromatic rings. The number of hydrogen-bond donors (Lipinski definition) is 1. The number of imidazole rings is 1. The van der Waals surface area contributed by atoms with Crippen LogP contribution in [0.2, 0.25) is 0 Å². The molecule has 0 aliphatic rings. The second-order valence-electron chi connectivity index (χ2n) is 2.38. The minimum atomic E-state index is 0.871. The third-order valence-corrected chi connectivity index (χ3v) is 2.76. The van der Waals surface area contributed by atoms with E-state index in [1.165, 1.54) is 0 Å². The summed E-state index contributed by atoms with van der Waals surface area (Å²) in [6.45, 7) is 0. The molecule has 0 spiro atoms. The molecule has 1 aromatic heterocycles. The first-order valence-corrected chi connectivity index (χ1v) is 4.56. The second kappa shape index (κ2) is 2.93. The SMILES string of the molecule is COc1ccc2[nH]cnc2c1I. The molecule has 62 valence electrons. The number of rotatable bonds is 1. The fourth-order valence-corrected chi connectivity index (χ4v) is 1.94. The maximum absolute atomic E-state index is 5.16. The Morgan fingerprint density at radius 2 is 2.33 bits per heavy atom. The van der Waals surface area contributed by atoms with Crippen LogP contribution in [0.3, 0.4) is 0 Å². The number of benzene rings is 1. The first kappa shape index (κ1) is 7.85. The Kier molecular flexibility index (Phi) is 1.92. The Morgan fingerprint density at radius 1 is 1.50 bits per heavy atom. The monoisotopic (exact) mass is 274 g/mol. The van der Waals surface area contributed by atoms with Gasteiger partial charge in [0, 0.05) is 0 Å². The number of nitrogens with one attached hydrogen (secondary N) is 1. The van der Waals surface area contributed by atoms with E-state index in [0.29, 0.717) is 0 Å². The van der Waals surface area contributed by atoms with E-state index < -0.39 is 0 Å². The normalized spacial score (nSPS) is 10.5. The molecule has 12 heavy (non-hydrogen) atoms. The fourth-order valence-electron chi connectivity index (χ4n) is 1.11. The Bertz CT molecular complexity index is 410. The molecule has 1 heterocycles. The van der Waals surface area contributed by atoms with Gasteiger partial charge in [-0.25, -0.2) is 4.98 Å². The van der Waals surface area contributed by atoms with Crippen molar-refractivity contribution in [3.8, 4) is 5.75 Å². The van der Waals surface area contributed by atoms with Gasteiger partial charge in [-0.2, -0.15) is 0 Å². The highest BCUT2D eigenvalue weighted by Gasteiger charge is 2.05. The van der Waals surface area contributed by atoms with Gasteiger partial charge in [0.15, 0.2) is 0 Å². The largest absolute Gasteiger partial charge is 0.496 e. The Balaban J connectivity index is 2.78. The molecular weight excluding hydrogens is 267 g/mol.